The molecule has 0 saturated heterocycles. The molecule has 100 valence electrons. The van der Waals surface area contributed by atoms with Crippen LogP contribution in [0.2, 0.25) is 0 Å². The normalized spacial score (nSPS) is 24.1. The first-order chi connectivity index (χ1) is 8.67. The van der Waals surface area contributed by atoms with E-state index in [1.54, 1.807) is 0 Å². The minimum atomic E-state index is 0.567. The van der Waals surface area contributed by atoms with Crippen LogP contribution in [0.25, 0.3) is 0 Å². The number of hydrogen-bond acceptors (Lipinski definition) is 2. The average Bonchev–Trinajstić information content (AvgIpc) is 2.69. The molecule has 1 heterocycles. The van der Waals surface area contributed by atoms with Gasteiger partial charge in [0, 0.05) is 18.9 Å². The second kappa shape index (κ2) is 5.59. The van der Waals surface area contributed by atoms with Gasteiger partial charge in [-0.2, -0.15) is 0 Å². The van der Waals surface area contributed by atoms with Gasteiger partial charge in [0.25, 0.3) is 0 Å². The number of nitrogen functional groups attached to an aromatic ring is 1. The molecule has 18 heavy (non-hydrogen) atoms. The molecule has 2 N–H and O–H groups in total. The molecule has 3 heteroatoms. The van der Waals surface area contributed by atoms with Crippen LogP contribution in [-0.2, 0) is 13.0 Å². The fourth-order valence-corrected chi connectivity index (χ4v) is 2.97. The number of rotatable bonds is 4. The van der Waals surface area contributed by atoms with Crippen molar-refractivity contribution in [3.63, 3.8) is 0 Å². The number of aromatic nitrogens is 2. The van der Waals surface area contributed by atoms with Crippen LogP contribution < -0.4 is 5.73 Å². The minimum absolute atomic E-state index is 0.567. The lowest BCUT2D eigenvalue weighted by atomic mass is 9.81. The Kier molecular flexibility index (Phi) is 4.10. The summed E-state index contributed by atoms with van der Waals surface area (Å²) < 4.78 is 2.11. The zero-order valence-corrected chi connectivity index (χ0v) is 11.7. The average molecular weight is 247 g/mol. The summed E-state index contributed by atoms with van der Waals surface area (Å²) in [5.41, 5.74) is 7.42. The fraction of sp³-hybridized carbons (Fsp3) is 0.667. The Bertz CT molecular complexity index is 412. The first kappa shape index (κ1) is 13.2. The Balaban J connectivity index is 2.25. The van der Waals surface area contributed by atoms with Gasteiger partial charge in [-0.3, -0.25) is 0 Å². The monoisotopic (exact) mass is 247 g/mol. The number of allylic oxidation sites excluding steroid dienone is 1. The molecular formula is C15H25N3. The number of anilines is 1. The van der Waals surface area contributed by atoms with Gasteiger partial charge in [0.15, 0.2) is 0 Å². The van der Waals surface area contributed by atoms with Crippen molar-refractivity contribution in [3.8, 4) is 0 Å². The quantitative estimate of drug-likeness (QED) is 0.827. The lowest BCUT2D eigenvalue weighted by Gasteiger charge is -2.25. The lowest BCUT2D eigenvalue weighted by Crippen LogP contribution is -2.13. The zero-order valence-electron chi connectivity index (χ0n) is 11.7. The molecular weight excluding hydrogens is 222 g/mol. The van der Waals surface area contributed by atoms with Crippen LogP contribution in [0.3, 0.4) is 0 Å². The van der Waals surface area contributed by atoms with Gasteiger partial charge in [0.1, 0.15) is 11.6 Å². The second-order valence-corrected chi connectivity index (χ2v) is 5.51. The molecule has 1 aromatic rings. The summed E-state index contributed by atoms with van der Waals surface area (Å²) in [6, 6.07) is 0. The lowest BCUT2D eigenvalue weighted by molar-refractivity contribution is 0.345. The van der Waals surface area contributed by atoms with E-state index in [2.05, 4.69) is 25.0 Å². The summed E-state index contributed by atoms with van der Waals surface area (Å²) in [6.07, 6.45) is 7.91. The molecule has 1 aliphatic carbocycles. The minimum Gasteiger partial charge on any atom is -0.384 e. The standard InChI is InChI=1S/C15H25N3/c1-4-10-18-13(5-2)17-14(15(18)16)12-8-6-11(3)7-9-12/h4,11-12H,1,5-10,16H2,2-3H3. The van der Waals surface area contributed by atoms with Crippen molar-refractivity contribution in [2.75, 3.05) is 5.73 Å². The summed E-state index contributed by atoms with van der Waals surface area (Å²) in [4.78, 5) is 4.79. The fourth-order valence-electron chi connectivity index (χ4n) is 2.97. The maximum Gasteiger partial charge on any atom is 0.127 e. The Morgan fingerprint density at radius 1 is 1.39 bits per heavy atom. The Hall–Kier alpha value is -1.25. The van der Waals surface area contributed by atoms with Crippen molar-refractivity contribution < 1.29 is 0 Å². The number of hydrogen-bond donors (Lipinski definition) is 1. The van der Waals surface area contributed by atoms with Gasteiger partial charge in [-0.05, 0) is 18.8 Å². The van der Waals surface area contributed by atoms with E-state index in [1.165, 1.54) is 25.7 Å². The van der Waals surface area contributed by atoms with E-state index in [4.69, 9.17) is 10.7 Å². The van der Waals surface area contributed by atoms with E-state index in [0.29, 0.717) is 5.92 Å². The van der Waals surface area contributed by atoms with Gasteiger partial charge in [0.2, 0.25) is 0 Å². The maximum atomic E-state index is 6.28. The third kappa shape index (κ3) is 2.45. The van der Waals surface area contributed by atoms with E-state index >= 15 is 0 Å². The van der Waals surface area contributed by atoms with E-state index in [0.717, 1.165) is 36.2 Å². The van der Waals surface area contributed by atoms with Crippen LogP contribution in [0, 0.1) is 5.92 Å². The smallest absolute Gasteiger partial charge is 0.127 e. The van der Waals surface area contributed by atoms with Crippen LogP contribution in [0.5, 0.6) is 0 Å². The van der Waals surface area contributed by atoms with E-state index in [-0.39, 0.29) is 0 Å². The molecule has 1 fully saturated rings. The summed E-state index contributed by atoms with van der Waals surface area (Å²) in [5, 5.41) is 0. The molecule has 0 radical (unpaired) electrons. The Morgan fingerprint density at radius 2 is 2.06 bits per heavy atom. The van der Waals surface area contributed by atoms with Crippen molar-refractivity contribution in [1.29, 1.82) is 0 Å². The molecule has 1 aliphatic rings. The van der Waals surface area contributed by atoms with Gasteiger partial charge >= 0.3 is 0 Å². The molecule has 0 aliphatic heterocycles. The second-order valence-electron chi connectivity index (χ2n) is 5.51. The molecule has 1 aromatic heterocycles. The third-order valence-corrected chi connectivity index (χ3v) is 4.14. The van der Waals surface area contributed by atoms with Crippen LogP contribution in [0.1, 0.15) is 57.0 Å². The van der Waals surface area contributed by atoms with Gasteiger partial charge in [-0.25, -0.2) is 4.98 Å². The van der Waals surface area contributed by atoms with Crippen LogP contribution in [0.4, 0.5) is 5.82 Å². The summed E-state index contributed by atoms with van der Waals surface area (Å²) in [6.45, 7) is 9.04. The van der Waals surface area contributed by atoms with Crippen molar-refractivity contribution in [2.24, 2.45) is 5.92 Å². The van der Waals surface area contributed by atoms with Gasteiger partial charge in [-0.15, -0.1) is 6.58 Å². The first-order valence-corrected chi connectivity index (χ1v) is 7.13. The molecule has 0 bridgehead atoms. The van der Waals surface area contributed by atoms with Crippen molar-refractivity contribution in [1.82, 2.24) is 9.55 Å². The highest BCUT2D eigenvalue weighted by molar-refractivity contribution is 5.41. The van der Waals surface area contributed by atoms with Gasteiger partial charge in [0.05, 0.1) is 5.69 Å². The molecule has 0 unspecified atom stereocenters. The van der Waals surface area contributed by atoms with Crippen molar-refractivity contribution in [3.05, 3.63) is 24.2 Å². The number of nitrogens with zero attached hydrogens (tertiary/aromatic N) is 2. The first-order valence-electron chi connectivity index (χ1n) is 7.13. The summed E-state index contributed by atoms with van der Waals surface area (Å²) in [5.74, 6) is 3.40. The van der Waals surface area contributed by atoms with Crippen molar-refractivity contribution >= 4 is 5.82 Å². The number of aryl methyl sites for hydroxylation is 1. The topological polar surface area (TPSA) is 43.8 Å². The van der Waals surface area contributed by atoms with E-state index in [9.17, 15) is 0 Å². The Morgan fingerprint density at radius 3 is 2.61 bits per heavy atom. The van der Waals surface area contributed by atoms with Gasteiger partial charge in [-0.1, -0.05) is 32.8 Å². The molecule has 2 rings (SSSR count). The Labute approximate surface area is 110 Å². The molecule has 0 atom stereocenters. The van der Waals surface area contributed by atoms with Gasteiger partial charge < -0.3 is 10.3 Å². The van der Waals surface area contributed by atoms with Crippen LogP contribution in [-0.4, -0.2) is 9.55 Å². The molecule has 0 amide bonds. The summed E-state index contributed by atoms with van der Waals surface area (Å²) in [7, 11) is 0. The third-order valence-electron chi connectivity index (χ3n) is 4.14. The predicted octanol–water partition coefficient (Wildman–Crippen LogP) is 3.51. The number of imidazole rings is 1. The number of nitrogens with two attached hydrogens (primary N) is 1. The maximum absolute atomic E-state index is 6.28. The highest BCUT2D eigenvalue weighted by Crippen LogP contribution is 2.37. The van der Waals surface area contributed by atoms with Crippen LogP contribution in [0.15, 0.2) is 12.7 Å². The largest absolute Gasteiger partial charge is 0.384 e. The van der Waals surface area contributed by atoms with E-state index in [1.807, 2.05) is 6.08 Å². The molecule has 0 aromatic carbocycles. The predicted molar refractivity (Wildman–Crippen MR) is 76.6 cm³/mol. The molecule has 3 nitrogen and oxygen atoms in total. The van der Waals surface area contributed by atoms with Crippen LogP contribution >= 0.6 is 0 Å². The summed E-state index contributed by atoms with van der Waals surface area (Å²) >= 11 is 0. The molecule has 1 saturated carbocycles. The molecule has 0 spiro atoms. The highest BCUT2D eigenvalue weighted by atomic mass is 15.1. The highest BCUT2D eigenvalue weighted by Gasteiger charge is 2.25. The van der Waals surface area contributed by atoms with E-state index < -0.39 is 0 Å². The van der Waals surface area contributed by atoms with Crippen molar-refractivity contribution in [2.45, 2.75) is 58.4 Å². The zero-order chi connectivity index (χ0) is 13.1. The SMILES string of the molecule is C=CCn1c(CC)nc(C2CCC(C)CC2)c1N.